The van der Waals surface area contributed by atoms with Crippen molar-refractivity contribution in [1.29, 1.82) is 0 Å². The molecule has 0 radical (unpaired) electrons. The summed E-state index contributed by atoms with van der Waals surface area (Å²) in [6, 6.07) is 10.6. The van der Waals surface area contributed by atoms with Gasteiger partial charge in [0, 0.05) is 36.5 Å². The number of hydrogen-bond acceptors (Lipinski definition) is 4. The Balaban J connectivity index is 1.80. The molecule has 4 heteroatoms. The van der Waals surface area contributed by atoms with Crippen LogP contribution in [0.3, 0.4) is 0 Å². The standard InChI is InChI=1S/C13H15N3S/c14-13-15-11-6-8-16(9-7-12(11)17-13)10-4-2-1-3-5-10/h1-5H,6-9H2,(H2,14,15). The minimum absolute atomic E-state index is 0.711. The van der Waals surface area contributed by atoms with Crippen LogP contribution < -0.4 is 10.6 Å². The first-order valence-corrected chi connectivity index (χ1v) is 6.68. The van der Waals surface area contributed by atoms with Crippen LogP contribution in [0.4, 0.5) is 10.8 Å². The molecule has 0 amide bonds. The number of thiazole rings is 1. The van der Waals surface area contributed by atoms with Gasteiger partial charge >= 0.3 is 0 Å². The van der Waals surface area contributed by atoms with Crippen LogP contribution in [0.5, 0.6) is 0 Å². The van der Waals surface area contributed by atoms with Gasteiger partial charge in [-0.25, -0.2) is 4.98 Å². The number of fused-ring (bicyclic) bond motifs is 1. The van der Waals surface area contributed by atoms with Crippen LogP contribution in [-0.2, 0) is 12.8 Å². The molecule has 0 fully saturated rings. The first kappa shape index (κ1) is 10.6. The maximum Gasteiger partial charge on any atom is 0.180 e. The fourth-order valence-corrected chi connectivity index (χ4v) is 3.15. The van der Waals surface area contributed by atoms with Gasteiger partial charge in [-0.1, -0.05) is 18.2 Å². The maximum atomic E-state index is 5.75. The Morgan fingerprint density at radius 3 is 2.71 bits per heavy atom. The van der Waals surface area contributed by atoms with Crippen LogP contribution in [0.1, 0.15) is 10.6 Å². The van der Waals surface area contributed by atoms with Crippen molar-refractivity contribution in [3.05, 3.63) is 40.9 Å². The highest BCUT2D eigenvalue weighted by molar-refractivity contribution is 7.15. The fourth-order valence-electron chi connectivity index (χ4n) is 2.28. The lowest BCUT2D eigenvalue weighted by molar-refractivity contribution is 0.802. The molecule has 0 bridgehead atoms. The van der Waals surface area contributed by atoms with E-state index in [1.165, 1.54) is 16.3 Å². The van der Waals surface area contributed by atoms with Gasteiger partial charge in [-0.15, -0.1) is 11.3 Å². The Morgan fingerprint density at radius 1 is 1.12 bits per heavy atom. The molecule has 0 unspecified atom stereocenters. The van der Waals surface area contributed by atoms with E-state index in [4.69, 9.17) is 5.73 Å². The Morgan fingerprint density at radius 2 is 1.88 bits per heavy atom. The first-order valence-electron chi connectivity index (χ1n) is 5.87. The molecular weight excluding hydrogens is 230 g/mol. The fraction of sp³-hybridized carbons (Fsp3) is 0.308. The normalized spacial score (nSPS) is 15.4. The van der Waals surface area contributed by atoms with Crippen molar-refractivity contribution in [1.82, 2.24) is 4.98 Å². The number of nitrogens with two attached hydrogens (primary N) is 1. The van der Waals surface area contributed by atoms with Crippen molar-refractivity contribution in [2.45, 2.75) is 12.8 Å². The molecule has 17 heavy (non-hydrogen) atoms. The molecule has 0 saturated heterocycles. The number of anilines is 2. The van der Waals surface area contributed by atoms with E-state index < -0.39 is 0 Å². The summed E-state index contributed by atoms with van der Waals surface area (Å²) >= 11 is 1.64. The number of aromatic nitrogens is 1. The predicted molar refractivity (Wildman–Crippen MR) is 72.6 cm³/mol. The lowest BCUT2D eigenvalue weighted by Gasteiger charge is -2.22. The van der Waals surface area contributed by atoms with Crippen molar-refractivity contribution in [2.24, 2.45) is 0 Å². The zero-order valence-corrected chi connectivity index (χ0v) is 10.4. The number of rotatable bonds is 1. The molecule has 3 nitrogen and oxygen atoms in total. The van der Waals surface area contributed by atoms with E-state index >= 15 is 0 Å². The topological polar surface area (TPSA) is 42.1 Å². The van der Waals surface area contributed by atoms with E-state index in [1.807, 2.05) is 0 Å². The Hall–Kier alpha value is -1.55. The summed E-state index contributed by atoms with van der Waals surface area (Å²) in [6.07, 6.45) is 2.05. The third-order valence-electron chi connectivity index (χ3n) is 3.14. The van der Waals surface area contributed by atoms with E-state index in [0.717, 1.165) is 25.9 Å². The van der Waals surface area contributed by atoms with Gasteiger partial charge in [-0.05, 0) is 12.1 Å². The zero-order chi connectivity index (χ0) is 11.7. The molecule has 1 aliphatic heterocycles. The van der Waals surface area contributed by atoms with E-state index in [-0.39, 0.29) is 0 Å². The van der Waals surface area contributed by atoms with E-state index in [1.54, 1.807) is 11.3 Å². The summed E-state index contributed by atoms with van der Waals surface area (Å²) in [5, 5.41) is 0.711. The smallest absolute Gasteiger partial charge is 0.180 e. The first-order chi connectivity index (χ1) is 8.33. The van der Waals surface area contributed by atoms with Gasteiger partial charge in [0.2, 0.25) is 0 Å². The third kappa shape index (κ3) is 2.13. The Labute approximate surface area is 105 Å². The minimum atomic E-state index is 0.711. The van der Waals surface area contributed by atoms with Gasteiger partial charge in [0.15, 0.2) is 5.13 Å². The molecule has 1 aliphatic rings. The van der Waals surface area contributed by atoms with Crippen LogP contribution in [0.15, 0.2) is 30.3 Å². The lowest BCUT2D eigenvalue weighted by atomic mass is 10.2. The van der Waals surface area contributed by atoms with Crippen LogP contribution in [-0.4, -0.2) is 18.1 Å². The highest BCUT2D eigenvalue weighted by atomic mass is 32.1. The van der Waals surface area contributed by atoms with Crippen molar-refractivity contribution >= 4 is 22.2 Å². The van der Waals surface area contributed by atoms with E-state index in [0.29, 0.717) is 5.13 Å². The van der Waals surface area contributed by atoms with Crippen molar-refractivity contribution in [3.8, 4) is 0 Å². The second kappa shape index (κ2) is 4.37. The molecular formula is C13H15N3S. The number of nitrogens with zero attached hydrogens (tertiary/aromatic N) is 2. The summed E-state index contributed by atoms with van der Waals surface area (Å²) in [7, 11) is 0. The number of para-hydroxylation sites is 1. The zero-order valence-electron chi connectivity index (χ0n) is 9.60. The monoisotopic (exact) mass is 245 g/mol. The van der Waals surface area contributed by atoms with Gasteiger partial charge in [0.25, 0.3) is 0 Å². The molecule has 0 atom stereocenters. The summed E-state index contributed by atoms with van der Waals surface area (Å²) in [5.74, 6) is 0. The van der Waals surface area contributed by atoms with Crippen LogP contribution in [0.25, 0.3) is 0 Å². The van der Waals surface area contributed by atoms with Gasteiger partial charge in [-0.3, -0.25) is 0 Å². The minimum Gasteiger partial charge on any atom is -0.375 e. The quantitative estimate of drug-likeness (QED) is 0.838. The number of nitrogen functional groups attached to an aromatic ring is 1. The van der Waals surface area contributed by atoms with Crippen LogP contribution >= 0.6 is 11.3 Å². The lowest BCUT2D eigenvalue weighted by Crippen LogP contribution is -2.25. The summed E-state index contributed by atoms with van der Waals surface area (Å²) in [5.41, 5.74) is 8.25. The van der Waals surface area contributed by atoms with E-state index in [2.05, 4.69) is 40.2 Å². The summed E-state index contributed by atoms with van der Waals surface area (Å²) < 4.78 is 0. The maximum absolute atomic E-state index is 5.75. The average molecular weight is 245 g/mol. The molecule has 2 N–H and O–H groups in total. The number of benzene rings is 1. The highest BCUT2D eigenvalue weighted by Gasteiger charge is 2.17. The molecule has 1 aromatic carbocycles. The SMILES string of the molecule is Nc1nc2c(s1)CCN(c1ccccc1)CC2. The number of hydrogen-bond donors (Lipinski definition) is 1. The Kier molecular flexibility index (Phi) is 2.73. The van der Waals surface area contributed by atoms with Crippen LogP contribution in [0.2, 0.25) is 0 Å². The predicted octanol–water partition coefficient (Wildman–Crippen LogP) is 2.33. The molecule has 0 aliphatic carbocycles. The highest BCUT2D eigenvalue weighted by Crippen LogP contribution is 2.26. The second-order valence-electron chi connectivity index (χ2n) is 4.24. The molecule has 1 aromatic heterocycles. The second-order valence-corrected chi connectivity index (χ2v) is 5.36. The average Bonchev–Trinajstić information content (AvgIpc) is 2.60. The summed E-state index contributed by atoms with van der Waals surface area (Å²) in [6.45, 7) is 2.08. The van der Waals surface area contributed by atoms with Crippen molar-refractivity contribution in [2.75, 3.05) is 23.7 Å². The van der Waals surface area contributed by atoms with Gasteiger partial charge in [-0.2, -0.15) is 0 Å². The molecule has 2 aromatic rings. The van der Waals surface area contributed by atoms with Crippen molar-refractivity contribution < 1.29 is 0 Å². The molecule has 88 valence electrons. The molecule has 0 spiro atoms. The van der Waals surface area contributed by atoms with Gasteiger partial charge in [0.05, 0.1) is 5.69 Å². The van der Waals surface area contributed by atoms with Crippen LogP contribution in [0, 0.1) is 0 Å². The largest absolute Gasteiger partial charge is 0.375 e. The molecule has 3 rings (SSSR count). The third-order valence-corrected chi connectivity index (χ3v) is 4.13. The van der Waals surface area contributed by atoms with Gasteiger partial charge < -0.3 is 10.6 Å². The summed E-state index contributed by atoms with van der Waals surface area (Å²) in [4.78, 5) is 8.19. The van der Waals surface area contributed by atoms with E-state index in [9.17, 15) is 0 Å². The molecule has 0 saturated carbocycles. The Bertz CT molecular complexity index is 481. The van der Waals surface area contributed by atoms with Crippen molar-refractivity contribution in [3.63, 3.8) is 0 Å². The molecule has 2 heterocycles. The van der Waals surface area contributed by atoms with Gasteiger partial charge in [0.1, 0.15) is 0 Å².